The number of amides is 2. The van der Waals surface area contributed by atoms with Gasteiger partial charge in [-0.25, -0.2) is 0 Å². The number of rotatable bonds is 8. The van der Waals surface area contributed by atoms with Crippen molar-refractivity contribution < 1.29 is 19.1 Å². The van der Waals surface area contributed by atoms with Crippen LogP contribution >= 0.6 is 11.6 Å². The molecule has 1 fully saturated rings. The summed E-state index contributed by atoms with van der Waals surface area (Å²) in [7, 11) is 0. The number of ether oxygens (including phenoxy) is 2. The van der Waals surface area contributed by atoms with Crippen molar-refractivity contribution in [2.75, 3.05) is 26.3 Å². The lowest BCUT2D eigenvalue weighted by Gasteiger charge is -2.32. The van der Waals surface area contributed by atoms with E-state index in [-0.39, 0.29) is 24.5 Å². The van der Waals surface area contributed by atoms with Crippen molar-refractivity contribution in [3.8, 4) is 11.5 Å². The molecule has 0 radical (unpaired) electrons. The molecule has 0 saturated carbocycles. The predicted molar refractivity (Wildman–Crippen MR) is 111 cm³/mol. The number of halogens is 1. The number of para-hydroxylation sites is 1. The van der Waals surface area contributed by atoms with Gasteiger partial charge in [0.1, 0.15) is 11.5 Å². The maximum atomic E-state index is 12.3. The van der Waals surface area contributed by atoms with Crippen LogP contribution in [0, 0.1) is 0 Å². The molecule has 3 rings (SSSR count). The van der Waals surface area contributed by atoms with Gasteiger partial charge in [0, 0.05) is 24.2 Å². The SMILES string of the molecule is O=C(CCOc1ccccc1)NC1CCN(C(=O)COc2ccc(Cl)cc2)CC1. The zero-order chi connectivity index (χ0) is 20.5. The number of piperidine rings is 1. The van der Waals surface area contributed by atoms with Gasteiger partial charge in [-0.05, 0) is 49.2 Å². The highest BCUT2D eigenvalue weighted by atomic mass is 35.5. The highest BCUT2D eigenvalue weighted by Gasteiger charge is 2.24. The third-order valence-electron chi connectivity index (χ3n) is 4.73. The molecule has 7 heteroatoms. The molecule has 0 aromatic heterocycles. The fourth-order valence-electron chi connectivity index (χ4n) is 3.12. The van der Waals surface area contributed by atoms with Gasteiger partial charge >= 0.3 is 0 Å². The third kappa shape index (κ3) is 6.98. The van der Waals surface area contributed by atoms with Gasteiger partial charge in [0.15, 0.2) is 6.61 Å². The van der Waals surface area contributed by atoms with E-state index in [1.54, 1.807) is 29.2 Å². The molecule has 1 saturated heterocycles. The van der Waals surface area contributed by atoms with Crippen molar-refractivity contribution in [1.29, 1.82) is 0 Å². The van der Waals surface area contributed by atoms with Gasteiger partial charge < -0.3 is 19.7 Å². The first-order chi connectivity index (χ1) is 14.1. The summed E-state index contributed by atoms with van der Waals surface area (Å²) in [6, 6.07) is 16.4. The van der Waals surface area contributed by atoms with Crippen molar-refractivity contribution in [2.45, 2.75) is 25.3 Å². The number of carbonyl (C=O) groups is 2. The Labute approximate surface area is 175 Å². The van der Waals surface area contributed by atoms with Gasteiger partial charge in [0.05, 0.1) is 13.0 Å². The van der Waals surface area contributed by atoms with Gasteiger partial charge in [-0.1, -0.05) is 29.8 Å². The maximum Gasteiger partial charge on any atom is 0.260 e. The van der Waals surface area contributed by atoms with Gasteiger partial charge in [-0.2, -0.15) is 0 Å². The highest BCUT2D eigenvalue weighted by molar-refractivity contribution is 6.30. The van der Waals surface area contributed by atoms with Crippen LogP contribution in [0.25, 0.3) is 0 Å². The fourth-order valence-corrected chi connectivity index (χ4v) is 3.24. The van der Waals surface area contributed by atoms with Crippen LogP contribution in [0.4, 0.5) is 0 Å². The first-order valence-corrected chi connectivity index (χ1v) is 10.1. The second-order valence-electron chi connectivity index (χ2n) is 6.88. The molecular formula is C22H25ClN2O4. The molecule has 29 heavy (non-hydrogen) atoms. The van der Waals surface area contributed by atoms with Crippen molar-refractivity contribution in [1.82, 2.24) is 10.2 Å². The molecule has 1 heterocycles. The lowest BCUT2D eigenvalue weighted by molar-refractivity contribution is -0.134. The van der Waals surface area contributed by atoms with Crippen LogP contribution in [0.3, 0.4) is 0 Å². The summed E-state index contributed by atoms with van der Waals surface area (Å²) in [4.78, 5) is 26.2. The number of nitrogens with one attached hydrogen (secondary N) is 1. The van der Waals surface area contributed by atoms with Gasteiger partial charge in [-0.15, -0.1) is 0 Å². The summed E-state index contributed by atoms with van der Waals surface area (Å²) in [6.45, 7) is 1.55. The zero-order valence-corrected chi connectivity index (χ0v) is 16.9. The Balaban J connectivity index is 1.31. The fraction of sp³-hybridized carbons (Fsp3) is 0.364. The van der Waals surface area contributed by atoms with Gasteiger partial charge in [0.2, 0.25) is 5.91 Å². The predicted octanol–water partition coefficient (Wildman–Crippen LogP) is 3.30. The molecule has 154 valence electrons. The Morgan fingerprint density at radius 3 is 2.31 bits per heavy atom. The molecule has 1 aliphatic heterocycles. The summed E-state index contributed by atoms with van der Waals surface area (Å²) in [5.41, 5.74) is 0. The quantitative estimate of drug-likeness (QED) is 0.717. The Morgan fingerprint density at radius 2 is 1.62 bits per heavy atom. The topological polar surface area (TPSA) is 67.9 Å². The lowest BCUT2D eigenvalue weighted by atomic mass is 10.0. The summed E-state index contributed by atoms with van der Waals surface area (Å²) >= 11 is 5.83. The third-order valence-corrected chi connectivity index (χ3v) is 4.98. The van der Waals surface area contributed by atoms with Gasteiger partial charge in [-0.3, -0.25) is 9.59 Å². The number of nitrogens with zero attached hydrogens (tertiary/aromatic N) is 1. The number of carbonyl (C=O) groups excluding carboxylic acids is 2. The van der Waals surface area contributed by atoms with E-state index in [4.69, 9.17) is 21.1 Å². The zero-order valence-electron chi connectivity index (χ0n) is 16.2. The largest absolute Gasteiger partial charge is 0.493 e. The molecule has 6 nitrogen and oxygen atoms in total. The Morgan fingerprint density at radius 1 is 0.966 bits per heavy atom. The van der Waals surface area contributed by atoms with Gasteiger partial charge in [0.25, 0.3) is 5.91 Å². The molecule has 0 unspecified atom stereocenters. The van der Waals surface area contributed by atoms with Crippen LogP contribution in [0.2, 0.25) is 5.02 Å². The molecule has 2 amide bonds. The minimum Gasteiger partial charge on any atom is -0.493 e. The highest BCUT2D eigenvalue weighted by Crippen LogP contribution is 2.16. The number of benzene rings is 2. The Kier molecular flexibility index (Phi) is 7.76. The second kappa shape index (κ2) is 10.7. The van der Waals surface area contributed by atoms with Crippen LogP contribution < -0.4 is 14.8 Å². The minimum absolute atomic E-state index is 0.00448. The standard InChI is InChI=1S/C22H25ClN2O4/c23-17-6-8-20(9-7-17)29-16-22(27)25-13-10-18(11-14-25)24-21(26)12-15-28-19-4-2-1-3-5-19/h1-9,18H,10-16H2,(H,24,26). The van der Waals surface area contributed by atoms with E-state index in [2.05, 4.69) is 5.32 Å². The monoisotopic (exact) mass is 416 g/mol. The summed E-state index contributed by atoms with van der Waals surface area (Å²) in [5, 5.41) is 3.65. The normalized spacial score (nSPS) is 14.3. The van der Waals surface area contributed by atoms with Crippen LogP contribution in [-0.2, 0) is 9.59 Å². The second-order valence-corrected chi connectivity index (χ2v) is 7.31. The van der Waals surface area contributed by atoms with E-state index in [9.17, 15) is 9.59 Å². The molecule has 0 spiro atoms. The van der Waals surface area contributed by atoms with E-state index in [0.717, 1.165) is 18.6 Å². The van der Waals surface area contributed by atoms with Crippen LogP contribution in [-0.4, -0.2) is 49.1 Å². The minimum atomic E-state index is -0.0546. The van der Waals surface area contributed by atoms with E-state index in [1.165, 1.54) is 0 Å². The average molecular weight is 417 g/mol. The first-order valence-electron chi connectivity index (χ1n) is 9.73. The van der Waals surface area contributed by atoms with Crippen molar-refractivity contribution in [3.63, 3.8) is 0 Å². The smallest absolute Gasteiger partial charge is 0.260 e. The van der Waals surface area contributed by atoms with Crippen molar-refractivity contribution >= 4 is 23.4 Å². The number of hydrogen-bond acceptors (Lipinski definition) is 4. The molecule has 2 aromatic rings. The number of hydrogen-bond donors (Lipinski definition) is 1. The molecule has 0 atom stereocenters. The van der Waals surface area contributed by atoms with E-state index < -0.39 is 0 Å². The van der Waals surface area contributed by atoms with E-state index in [0.29, 0.717) is 36.9 Å². The van der Waals surface area contributed by atoms with Crippen molar-refractivity contribution in [2.24, 2.45) is 0 Å². The van der Waals surface area contributed by atoms with E-state index >= 15 is 0 Å². The average Bonchev–Trinajstić information content (AvgIpc) is 2.74. The number of likely N-dealkylation sites (tertiary alicyclic amines) is 1. The van der Waals surface area contributed by atoms with Crippen LogP contribution in [0.15, 0.2) is 54.6 Å². The summed E-state index contributed by atoms with van der Waals surface area (Å²) in [6.07, 6.45) is 1.78. The Bertz CT molecular complexity index is 790. The van der Waals surface area contributed by atoms with Crippen molar-refractivity contribution in [3.05, 3.63) is 59.6 Å². The molecule has 1 aliphatic rings. The van der Waals surface area contributed by atoms with Crippen LogP contribution in [0.5, 0.6) is 11.5 Å². The molecule has 2 aromatic carbocycles. The Hall–Kier alpha value is -2.73. The van der Waals surface area contributed by atoms with E-state index in [1.807, 2.05) is 30.3 Å². The maximum absolute atomic E-state index is 12.3. The summed E-state index contributed by atoms with van der Waals surface area (Å²) in [5.74, 6) is 1.29. The van der Waals surface area contributed by atoms with Crippen LogP contribution in [0.1, 0.15) is 19.3 Å². The first kappa shape index (κ1) is 21.0. The molecule has 0 aliphatic carbocycles. The molecule has 0 bridgehead atoms. The lowest BCUT2D eigenvalue weighted by Crippen LogP contribution is -2.47. The molecular weight excluding hydrogens is 392 g/mol. The summed E-state index contributed by atoms with van der Waals surface area (Å²) < 4.78 is 11.1. The molecule has 1 N–H and O–H groups in total.